The minimum Gasteiger partial charge on any atom is -0.383 e. The normalized spacial score (nSPS) is 14.4. The third kappa shape index (κ3) is 5.09. The molecule has 0 radical (unpaired) electrons. The summed E-state index contributed by atoms with van der Waals surface area (Å²) in [5, 5.41) is 3.48. The Morgan fingerprint density at radius 3 is 2.67 bits per heavy atom. The molecular weight excluding hydrogens is 290 g/mol. The SMILES string of the molecule is CCC(C)(CNCCOC)Cc1ccccc1Br. The van der Waals surface area contributed by atoms with Crippen molar-refractivity contribution in [2.24, 2.45) is 5.41 Å². The van der Waals surface area contributed by atoms with E-state index in [4.69, 9.17) is 4.74 Å². The zero-order chi connectivity index (χ0) is 13.4. The van der Waals surface area contributed by atoms with E-state index >= 15 is 0 Å². The zero-order valence-corrected chi connectivity index (χ0v) is 13.2. The molecule has 1 atom stereocenters. The maximum absolute atomic E-state index is 5.06. The standard InChI is InChI=1S/C15H24BrNO/c1-4-15(2,12-17-9-10-18-3)11-13-7-5-6-8-14(13)16/h5-8,17H,4,9-12H2,1-3H3. The molecule has 0 bridgehead atoms. The Morgan fingerprint density at radius 1 is 1.33 bits per heavy atom. The van der Waals surface area contributed by atoms with Crippen LogP contribution >= 0.6 is 15.9 Å². The molecule has 2 nitrogen and oxygen atoms in total. The summed E-state index contributed by atoms with van der Waals surface area (Å²) in [4.78, 5) is 0. The smallest absolute Gasteiger partial charge is 0.0587 e. The van der Waals surface area contributed by atoms with Crippen LogP contribution in [0.4, 0.5) is 0 Å². The summed E-state index contributed by atoms with van der Waals surface area (Å²) >= 11 is 3.63. The van der Waals surface area contributed by atoms with Crippen LogP contribution in [0.15, 0.2) is 28.7 Å². The van der Waals surface area contributed by atoms with Gasteiger partial charge in [-0.15, -0.1) is 0 Å². The first-order valence-electron chi connectivity index (χ1n) is 6.54. The Labute approximate surface area is 119 Å². The number of halogens is 1. The van der Waals surface area contributed by atoms with Crippen molar-refractivity contribution in [1.82, 2.24) is 5.32 Å². The van der Waals surface area contributed by atoms with Crippen LogP contribution in [0.25, 0.3) is 0 Å². The molecule has 0 aliphatic carbocycles. The van der Waals surface area contributed by atoms with Gasteiger partial charge >= 0.3 is 0 Å². The molecule has 1 rings (SSSR count). The van der Waals surface area contributed by atoms with Crippen molar-refractivity contribution in [2.45, 2.75) is 26.7 Å². The largest absolute Gasteiger partial charge is 0.383 e. The highest BCUT2D eigenvalue weighted by atomic mass is 79.9. The van der Waals surface area contributed by atoms with Gasteiger partial charge in [0.05, 0.1) is 6.61 Å². The van der Waals surface area contributed by atoms with Gasteiger partial charge in [0.25, 0.3) is 0 Å². The maximum Gasteiger partial charge on any atom is 0.0587 e. The molecule has 0 aromatic heterocycles. The summed E-state index contributed by atoms with van der Waals surface area (Å²) in [6.07, 6.45) is 2.25. The van der Waals surface area contributed by atoms with Gasteiger partial charge in [-0.3, -0.25) is 0 Å². The van der Waals surface area contributed by atoms with Gasteiger partial charge < -0.3 is 10.1 Å². The highest BCUT2D eigenvalue weighted by molar-refractivity contribution is 9.10. The average Bonchev–Trinajstić information content (AvgIpc) is 2.38. The molecule has 18 heavy (non-hydrogen) atoms. The lowest BCUT2D eigenvalue weighted by atomic mass is 9.81. The van der Waals surface area contributed by atoms with Crippen LogP contribution in [-0.2, 0) is 11.2 Å². The minimum atomic E-state index is 0.289. The van der Waals surface area contributed by atoms with Gasteiger partial charge in [-0.1, -0.05) is 48.0 Å². The number of ether oxygens (including phenoxy) is 1. The average molecular weight is 314 g/mol. The van der Waals surface area contributed by atoms with E-state index in [1.807, 2.05) is 0 Å². The summed E-state index contributed by atoms with van der Waals surface area (Å²) in [6.45, 7) is 7.31. The van der Waals surface area contributed by atoms with E-state index in [-0.39, 0.29) is 5.41 Å². The third-order valence-electron chi connectivity index (χ3n) is 3.46. The quantitative estimate of drug-likeness (QED) is 0.740. The van der Waals surface area contributed by atoms with E-state index in [1.165, 1.54) is 10.0 Å². The summed E-state index contributed by atoms with van der Waals surface area (Å²) in [5.74, 6) is 0. The van der Waals surface area contributed by atoms with Crippen LogP contribution in [0.1, 0.15) is 25.8 Å². The van der Waals surface area contributed by atoms with Gasteiger partial charge in [-0.25, -0.2) is 0 Å². The lowest BCUT2D eigenvalue weighted by Crippen LogP contribution is -2.35. The number of hydrogen-bond acceptors (Lipinski definition) is 2. The second kappa shape index (κ2) is 7.93. The first-order chi connectivity index (χ1) is 8.61. The Morgan fingerprint density at radius 2 is 2.06 bits per heavy atom. The van der Waals surface area contributed by atoms with E-state index in [1.54, 1.807) is 7.11 Å². The van der Waals surface area contributed by atoms with Crippen LogP contribution in [-0.4, -0.2) is 26.8 Å². The molecule has 1 aromatic rings. The number of methoxy groups -OCH3 is 1. The fourth-order valence-corrected chi connectivity index (χ4v) is 2.40. The Hall–Kier alpha value is -0.380. The fraction of sp³-hybridized carbons (Fsp3) is 0.600. The summed E-state index contributed by atoms with van der Waals surface area (Å²) < 4.78 is 6.27. The molecule has 0 heterocycles. The number of nitrogens with one attached hydrogen (secondary N) is 1. The molecule has 0 spiro atoms. The minimum absolute atomic E-state index is 0.289. The molecule has 0 amide bonds. The van der Waals surface area contributed by atoms with Crippen molar-refractivity contribution < 1.29 is 4.74 Å². The van der Waals surface area contributed by atoms with Crippen LogP contribution in [0.3, 0.4) is 0 Å². The molecule has 1 unspecified atom stereocenters. The molecule has 1 aromatic carbocycles. The lowest BCUT2D eigenvalue weighted by Gasteiger charge is -2.29. The van der Waals surface area contributed by atoms with Crippen molar-refractivity contribution in [1.29, 1.82) is 0 Å². The first kappa shape index (κ1) is 15.7. The monoisotopic (exact) mass is 313 g/mol. The van der Waals surface area contributed by atoms with E-state index in [9.17, 15) is 0 Å². The molecule has 0 saturated carbocycles. The van der Waals surface area contributed by atoms with Gasteiger partial charge in [0.1, 0.15) is 0 Å². The summed E-state index contributed by atoms with van der Waals surface area (Å²) in [5.41, 5.74) is 1.67. The van der Waals surface area contributed by atoms with Crippen LogP contribution in [0, 0.1) is 5.41 Å². The first-order valence-corrected chi connectivity index (χ1v) is 7.33. The molecule has 0 saturated heterocycles. The highest BCUT2D eigenvalue weighted by Crippen LogP contribution is 2.29. The fourth-order valence-electron chi connectivity index (χ4n) is 1.98. The van der Waals surface area contributed by atoms with Gasteiger partial charge in [0.15, 0.2) is 0 Å². The van der Waals surface area contributed by atoms with Crippen molar-refractivity contribution >= 4 is 15.9 Å². The Balaban J connectivity index is 2.56. The topological polar surface area (TPSA) is 21.3 Å². The lowest BCUT2D eigenvalue weighted by molar-refractivity contribution is 0.191. The molecule has 1 N–H and O–H groups in total. The number of rotatable bonds is 8. The van der Waals surface area contributed by atoms with Crippen molar-refractivity contribution in [3.8, 4) is 0 Å². The molecule has 3 heteroatoms. The Bertz CT molecular complexity index is 356. The third-order valence-corrected chi connectivity index (χ3v) is 4.24. The Kier molecular flexibility index (Phi) is 6.90. The molecule has 0 aliphatic rings. The predicted octanol–water partition coefficient (Wildman–Crippen LogP) is 3.64. The second-order valence-corrected chi connectivity index (χ2v) is 5.96. The maximum atomic E-state index is 5.06. The number of hydrogen-bond donors (Lipinski definition) is 1. The predicted molar refractivity (Wildman–Crippen MR) is 81.0 cm³/mol. The van der Waals surface area contributed by atoms with Crippen molar-refractivity contribution in [2.75, 3.05) is 26.8 Å². The molecular formula is C15H24BrNO. The van der Waals surface area contributed by atoms with E-state index < -0.39 is 0 Å². The van der Waals surface area contributed by atoms with Crippen LogP contribution < -0.4 is 5.32 Å². The van der Waals surface area contributed by atoms with Crippen molar-refractivity contribution in [3.05, 3.63) is 34.3 Å². The summed E-state index contributed by atoms with van der Waals surface area (Å²) in [6, 6.07) is 8.49. The van der Waals surface area contributed by atoms with Gasteiger partial charge in [0.2, 0.25) is 0 Å². The van der Waals surface area contributed by atoms with Crippen molar-refractivity contribution in [3.63, 3.8) is 0 Å². The van der Waals surface area contributed by atoms with Gasteiger partial charge in [-0.2, -0.15) is 0 Å². The number of benzene rings is 1. The highest BCUT2D eigenvalue weighted by Gasteiger charge is 2.22. The molecule has 0 aliphatic heterocycles. The van der Waals surface area contributed by atoms with Crippen LogP contribution in [0.2, 0.25) is 0 Å². The second-order valence-electron chi connectivity index (χ2n) is 5.10. The van der Waals surface area contributed by atoms with E-state index in [0.29, 0.717) is 0 Å². The van der Waals surface area contributed by atoms with Gasteiger partial charge in [0, 0.05) is 24.7 Å². The van der Waals surface area contributed by atoms with E-state index in [2.05, 4.69) is 59.4 Å². The van der Waals surface area contributed by atoms with Gasteiger partial charge in [-0.05, 0) is 29.9 Å². The van der Waals surface area contributed by atoms with Crippen LogP contribution in [0.5, 0.6) is 0 Å². The molecule has 0 fully saturated rings. The zero-order valence-electron chi connectivity index (χ0n) is 11.6. The molecule has 102 valence electrons. The summed E-state index contributed by atoms with van der Waals surface area (Å²) in [7, 11) is 1.74. The van der Waals surface area contributed by atoms with E-state index in [0.717, 1.165) is 32.5 Å².